The molecule has 22 heavy (non-hydrogen) atoms. The van der Waals surface area contributed by atoms with Crippen LogP contribution in [-0.4, -0.2) is 15.3 Å². The highest BCUT2D eigenvalue weighted by Gasteiger charge is 2.17. The molecule has 112 valence electrons. The lowest BCUT2D eigenvalue weighted by molar-refractivity contribution is 0.102. The van der Waals surface area contributed by atoms with Gasteiger partial charge < -0.3 is 5.32 Å². The van der Waals surface area contributed by atoms with Crippen molar-refractivity contribution < 1.29 is 4.79 Å². The van der Waals surface area contributed by atoms with Crippen LogP contribution in [0.1, 0.15) is 21.7 Å². The first-order chi connectivity index (χ1) is 10.5. The maximum Gasteiger partial charge on any atom is 0.274 e. The molecule has 0 aliphatic rings. The van der Waals surface area contributed by atoms with Gasteiger partial charge in [0.15, 0.2) is 0 Å². The summed E-state index contributed by atoms with van der Waals surface area (Å²) in [7, 11) is 0. The fraction of sp³-hybridized carbons (Fsp3) is 0.125. The van der Waals surface area contributed by atoms with Crippen LogP contribution in [0.5, 0.6) is 0 Å². The number of fused-ring (bicyclic) bond motifs is 1. The molecule has 0 aliphatic heterocycles. The molecule has 3 rings (SSSR count). The van der Waals surface area contributed by atoms with Crippen molar-refractivity contribution in [3.63, 3.8) is 0 Å². The van der Waals surface area contributed by atoms with Crippen LogP contribution in [0.3, 0.4) is 0 Å². The third-order valence-electron chi connectivity index (χ3n) is 3.34. The van der Waals surface area contributed by atoms with Crippen molar-refractivity contribution in [1.29, 1.82) is 0 Å². The SMILES string of the molecule is Cc1ccc(NC(=O)c2c(C)nc3ccc(Br)cn23)c(Br)c1. The zero-order valence-corrected chi connectivity index (χ0v) is 15.2. The number of halogens is 2. The topological polar surface area (TPSA) is 46.4 Å². The van der Waals surface area contributed by atoms with Crippen molar-refractivity contribution in [3.8, 4) is 0 Å². The molecule has 0 saturated carbocycles. The summed E-state index contributed by atoms with van der Waals surface area (Å²) in [5.74, 6) is -0.187. The molecule has 0 radical (unpaired) electrons. The summed E-state index contributed by atoms with van der Waals surface area (Å²) in [6.07, 6.45) is 1.84. The van der Waals surface area contributed by atoms with E-state index in [2.05, 4.69) is 42.2 Å². The Bertz CT molecular complexity index is 886. The number of benzene rings is 1. The van der Waals surface area contributed by atoms with Gasteiger partial charge in [-0.2, -0.15) is 0 Å². The molecule has 0 bridgehead atoms. The number of nitrogens with zero attached hydrogens (tertiary/aromatic N) is 2. The van der Waals surface area contributed by atoms with Gasteiger partial charge in [0.25, 0.3) is 5.91 Å². The molecule has 1 aromatic carbocycles. The van der Waals surface area contributed by atoms with Crippen LogP contribution in [0.15, 0.2) is 45.5 Å². The molecule has 2 heterocycles. The number of aromatic nitrogens is 2. The van der Waals surface area contributed by atoms with Gasteiger partial charge in [-0.15, -0.1) is 0 Å². The summed E-state index contributed by atoms with van der Waals surface area (Å²) >= 11 is 6.90. The van der Waals surface area contributed by atoms with E-state index in [1.54, 1.807) is 4.40 Å². The van der Waals surface area contributed by atoms with Gasteiger partial charge in [-0.3, -0.25) is 9.20 Å². The number of anilines is 1. The van der Waals surface area contributed by atoms with Crippen LogP contribution in [-0.2, 0) is 0 Å². The minimum absolute atomic E-state index is 0.187. The van der Waals surface area contributed by atoms with Crippen molar-refractivity contribution in [2.45, 2.75) is 13.8 Å². The minimum atomic E-state index is -0.187. The molecule has 0 spiro atoms. The molecule has 0 atom stereocenters. The first-order valence-electron chi connectivity index (χ1n) is 6.67. The number of hydrogen-bond acceptors (Lipinski definition) is 2. The second-order valence-corrected chi connectivity index (χ2v) is 6.83. The van der Waals surface area contributed by atoms with Gasteiger partial charge in [0.2, 0.25) is 0 Å². The number of carbonyl (C=O) groups is 1. The van der Waals surface area contributed by atoms with E-state index >= 15 is 0 Å². The van der Waals surface area contributed by atoms with E-state index in [9.17, 15) is 4.79 Å². The Morgan fingerprint density at radius 3 is 2.68 bits per heavy atom. The van der Waals surface area contributed by atoms with Crippen LogP contribution in [0.4, 0.5) is 5.69 Å². The van der Waals surface area contributed by atoms with Gasteiger partial charge in [0.1, 0.15) is 11.3 Å². The van der Waals surface area contributed by atoms with Crippen LogP contribution in [0.2, 0.25) is 0 Å². The normalized spacial score (nSPS) is 10.9. The Balaban J connectivity index is 2.02. The Labute approximate surface area is 144 Å². The number of aryl methyl sites for hydroxylation is 2. The number of rotatable bonds is 2. The molecule has 1 amide bonds. The van der Waals surface area contributed by atoms with E-state index in [0.29, 0.717) is 11.4 Å². The summed E-state index contributed by atoms with van der Waals surface area (Å²) in [6, 6.07) is 9.58. The van der Waals surface area contributed by atoms with Crippen LogP contribution in [0.25, 0.3) is 5.65 Å². The monoisotopic (exact) mass is 421 g/mol. The average molecular weight is 423 g/mol. The summed E-state index contributed by atoms with van der Waals surface area (Å²) in [5.41, 5.74) is 3.83. The van der Waals surface area contributed by atoms with Crippen LogP contribution in [0, 0.1) is 13.8 Å². The highest BCUT2D eigenvalue weighted by molar-refractivity contribution is 9.10. The van der Waals surface area contributed by atoms with E-state index in [1.165, 1.54) is 0 Å². The number of carbonyl (C=O) groups excluding carboxylic acids is 1. The predicted molar refractivity (Wildman–Crippen MR) is 94.5 cm³/mol. The van der Waals surface area contributed by atoms with Crippen molar-refractivity contribution >= 4 is 49.1 Å². The Hall–Kier alpha value is -1.66. The Morgan fingerprint density at radius 1 is 1.18 bits per heavy atom. The number of pyridine rings is 1. The van der Waals surface area contributed by atoms with E-state index in [4.69, 9.17) is 0 Å². The molecule has 4 nitrogen and oxygen atoms in total. The summed E-state index contributed by atoms with van der Waals surface area (Å²) in [6.45, 7) is 3.84. The zero-order valence-electron chi connectivity index (χ0n) is 12.0. The van der Waals surface area contributed by atoms with Gasteiger partial charge in [-0.25, -0.2) is 4.98 Å². The lowest BCUT2D eigenvalue weighted by atomic mass is 10.2. The molecule has 0 fully saturated rings. The van der Waals surface area contributed by atoms with E-state index < -0.39 is 0 Å². The predicted octanol–water partition coefficient (Wildman–Crippen LogP) is 4.73. The molecule has 2 aromatic heterocycles. The first-order valence-corrected chi connectivity index (χ1v) is 8.26. The van der Waals surface area contributed by atoms with Crippen molar-refractivity contribution in [2.24, 2.45) is 0 Å². The molecular formula is C16H13Br2N3O. The standard InChI is InChI=1S/C16H13Br2N3O/c1-9-3-5-13(12(18)7-9)20-16(22)15-10(2)19-14-6-4-11(17)8-21(14)15/h3-8H,1-2H3,(H,20,22). The van der Waals surface area contributed by atoms with Gasteiger partial charge in [0.05, 0.1) is 11.4 Å². The molecule has 0 saturated heterocycles. The van der Waals surface area contributed by atoms with Gasteiger partial charge in [-0.1, -0.05) is 6.07 Å². The van der Waals surface area contributed by atoms with Crippen molar-refractivity contribution in [2.75, 3.05) is 5.32 Å². The van der Waals surface area contributed by atoms with Crippen molar-refractivity contribution in [1.82, 2.24) is 9.38 Å². The quantitative estimate of drug-likeness (QED) is 0.648. The number of hydrogen-bond donors (Lipinski definition) is 1. The van der Waals surface area contributed by atoms with Crippen molar-refractivity contribution in [3.05, 3.63) is 62.4 Å². The van der Waals surface area contributed by atoms with Gasteiger partial charge in [0, 0.05) is 15.1 Å². The third-order valence-corrected chi connectivity index (χ3v) is 4.47. The maximum atomic E-state index is 12.7. The summed E-state index contributed by atoms with van der Waals surface area (Å²) in [5, 5.41) is 2.93. The maximum absolute atomic E-state index is 12.7. The Kier molecular flexibility index (Phi) is 4.06. The fourth-order valence-electron chi connectivity index (χ4n) is 2.31. The van der Waals surface area contributed by atoms with E-state index in [0.717, 1.165) is 25.8 Å². The summed E-state index contributed by atoms with van der Waals surface area (Å²) in [4.78, 5) is 17.1. The zero-order chi connectivity index (χ0) is 15.9. The molecule has 6 heteroatoms. The van der Waals surface area contributed by atoms with E-state index in [1.807, 2.05) is 50.4 Å². The number of nitrogens with one attached hydrogen (secondary N) is 1. The van der Waals surface area contributed by atoms with Crippen LogP contribution >= 0.6 is 31.9 Å². The first kappa shape index (κ1) is 15.2. The molecule has 3 aromatic rings. The average Bonchev–Trinajstić information content (AvgIpc) is 2.77. The lowest BCUT2D eigenvalue weighted by Gasteiger charge is -2.09. The largest absolute Gasteiger partial charge is 0.320 e. The Morgan fingerprint density at radius 2 is 1.95 bits per heavy atom. The third kappa shape index (κ3) is 2.80. The highest BCUT2D eigenvalue weighted by Crippen LogP contribution is 2.25. The van der Waals surface area contributed by atoms with Gasteiger partial charge >= 0.3 is 0 Å². The number of amides is 1. The van der Waals surface area contributed by atoms with Crippen LogP contribution < -0.4 is 5.32 Å². The van der Waals surface area contributed by atoms with Gasteiger partial charge in [-0.05, 0) is 75.5 Å². The lowest BCUT2D eigenvalue weighted by Crippen LogP contribution is -2.16. The smallest absolute Gasteiger partial charge is 0.274 e. The molecular weight excluding hydrogens is 410 g/mol. The number of imidazole rings is 1. The fourth-order valence-corrected chi connectivity index (χ4v) is 3.24. The molecule has 0 unspecified atom stereocenters. The highest BCUT2D eigenvalue weighted by atomic mass is 79.9. The minimum Gasteiger partial charge on any atom is -0.320 e. The second kappa shape index (κ2) is 5.85. The van der Waals surface area contributed by atoms with E-state index in [-0.39, 0.29) is 5.91 Å². The second-order valence-electron chi connectivity index (χ2n) is 5.06. The molecule has 1 N–H and O–H groups in total. The summed E-state index contributed by atoms with van der Waals surface area (Å²) < 4.78 is 3.54. The molecule has 0 aliphatic carbocycles.